The smallest absolute Gasteiger partial charge is 0.253 e. The highest BCUT2D eigenvalue weighted by molar-refractivity contribution is 5.64. The number of fused-ring (bicyclic) bond motifs is 1. The summed E-state index contributed by atoms with van der Waals surface area (Å²) in [6.07, 6.45) is 4.93. The zero-order valence-corrected chi connectivity index (χ0v) is 13.4. The molecule has 1 saturated heterocycles. The Labute approximate surface area is 133 Å². The van der Waals surface area contributed by atoms with Gasteiger partial charge in [0.25, 0.3) is 5.78 Å². The Kier molecular flexibility index (Phi) is 3.10. The second-order valence-electron chi connectivity index (χ2n) is 5.79. The van der Waals surface area contributed by atoms with E-state index in [0.717, 1.165) is 36.3 Å². The van der Waals surface area contributed by atoms with E-state index in [1.807, 2.05) is 39.1 Å². The lowest BCUT2D eigenvalue weighted by atomic mass is 10.2. The highest BCUT2D eigenvalue weighted by atomic mass is 15.4. The SMILES string of the molecule is Cc1cc(C)n2nc(C=Cc3nc(N4CCC4)nn3C)nc2n1. The zero-order valence-electron chi connectivity index (χ0n) is 13.4. The molecule has 0 amide bonds. The molecule has 23 heavy (non-hydrogen) atoms. The Hall–Kier alpha value is -2.77. The Morgan fingerprint density at radius 3 is 2.61 bits per heavy atom. The van der Waals surface area contributed by atoms with Gasteiger partial charge in [-0.1, -0.05) is 0 Å². The van der Waals surface area contributed by atoms with E-state index < -0.39 is 0 Å². The molecule has 8 nitrogen and oxygen atoms in total. The van der Waals surface area contributed by atoms with E-state index in [0.29, 0.717) is 11.6 Å². The van der Waals surface area contributed by atoms with Crippen molar-refractivity contribution in [2.75, 3.05) is 18.0 Å². The number of hydrogen-bond donors (Lipinski definition) is 0. The molecule has 4 heterocycles. The van der Waals surface area contributed by atoms with Crippen molar-refractivity contribution in [3.05, 3.63) is 29.1 Å². The zero-order chi connectivity index (χ0) is 16.0. The highest BCUT2D eigenvalue weighted by Gasteiger charge is 2.19. The van der Waals surface area contributed by atoms with Crippen molar-refractivity contribution < 1.29 is 0 Å². The van der Waals surface area contributed by atoms with Gasteiger partial charge in [0.2, 0.25) is 5.95 Å². The molecule has 0 atom stereocenters. The fraction of sp³-hybridized carbons (Fsp3) is 0.400. The number of hydrogen-bond acceptors (Lipinski definition) is 6. The van der Waals surface area contributed by atoms with E-state index in [4.69, 9.17) is 0 Å². The summed E-state index contributed by atoms with van der Waals surface area (Å²) < 4.78 is 3.52. The molecule has 0 aliphatic carbocycles. The molecule has 0 saturated carbocycles. The van der Waals surface area contributed by atoms with Crippen molar-refractivity contribution in [2.45, 2.75) is 20.3 Å². The molecule has 0 spiro atoms. The first-order valence-electron chi connectivity index (χ1n) is 7.65. The lowest BCUT2D eigenvalue weighted by Gasteiger charge is -2.29. The van der Waals surface area contributed by atoms with E-state index in [2.05, 4.69) is 30.0 Å². The van der Waals surface area contributed by atoms with Crippen molar-refractivity contribution in [1.82, 2.24) is 34.3 Å². The molecule has 0 aromatic carbocycles. The minimum absolute atomic E-state index is 0.611. The maximum Gasteiger partial charge on any atom is 0.253 e. The van der Waals surface area contributed by atoms with Crippen LogP contribution >= 0.6 is 0 Å². The number of nitrogens with zero attached hydrogens (tertiary/aromatic N) is 8. The number of aryl methyl sites for hydroxylation is 3. The fourth-order valence-corrected chi connectivity index (χ4v) is 2.58. The average molecular weight is 310 g/mol. The van der Waals surface area contributed by atoms with Crippen molar-refractivity contribution >= 4 is 23.9 Å². The van der Waals surface area contributed by atoms with Crippen molar-refractivity contribution in [3.8, 4) is 0 Å². The van der Waals surface area contributed by atoms with Gasteiger partial charge in [-0.15, -0.1) is 10.2 Å². The van der Waals surface area contributed by atoms with Crippen LogP contribution in [0.1, 0.15) is 29.5 Å². The summed E-state index contributed by atoms with van der Waals surface area (Å²) in [4.78, 5) is 15.5. The van der Waals surface area contributed by atoms with Gasteiger partial charge >= 0.3 is 0 Å². The van der Waals surface area contributed by atoms with Gasteiger partial charge in [0.15, 0.2) is 11.6 Å². The lowest BCUT2D eigenvalue weighted by Crippen LogP contribution is -2.37. The molecule has 8 heteroatoms. The molecule has 0 bridgehead atoms. The first-order chi connectivity index (χ1) is 11.1. The normalized spacial score (nSPS) is 14.8. The van der Waals surface area contributed by atoms with Gasteiger partial charge in [-0.2, -0.15) is 9.97 Å². The standard InChI is InChI=1S/C15H18N8/c1-10-9-11(2)23-14(16-10)17-12(19-23)5-6-13-18-15(20-21(13)3)22-7-4-8-22/h5-6,9H,4,7-8H2,1-3H3. The number of anilines is 1. The molecule has 1 fully saturated rings. The summed E-state index contributed by atoms with van der Waals surface area (Å²) in [5, 5.41) is 8.89. The molecular weight excluding hydrogens is 292 g/mol. The largest absolute Gasteiger partial charge is 0.339 e. The first-order valence-corrected chi connectivity index (χ1v) is 7.65. The van der Waals surface area contributed by atoms with Gasteiger partial charge < -0.3 is 4.90 Å². The van der Waals surface area contributed by atoms with Crippen LogP contribution < -0.4 is 4.90 Å². The highest BCUT2D eigenvalue weighted by Crippen LogP contribution is 2.17. The third kappa shape index (κ3) is 2.45. The van der Waals surface area contributed by atoms with Crippen LogP contribution in [0.25, 0.3) is 17.9 Å². The monoisotopic (exact) mass is 310 g/mol. The molecule has 0 N–H and O–H groups in total. The van der Waals surface area contributed by atoms with Crippen LogP contribution in [0.3, 0.4) is 0 Å². The van der Waals surface area contributed by atoms with E-state index in [1.54, 1.807) is 9.20 Å². The van der Waals surface area contributed by atoms with E-state index in [1.165, 1.54) is 6.42 Å². The molecule has 4 rings (SSSR count). The predicted octanol–water partition coefficient (Wildman–Crippen LogP) is 1.25. The van der Waals surface area contributed by atoms with Crippen molar-refractivity contribution in [2.24, 2.45) is 7.05 Å². The van der Waals surface area contributed by atoms with Crippen LogP contribution in [0.5, 0.6) is 0 Å². The van der Waals surface area contributed by atoms with E-state index in [-0.39, 0.29) is 0 Å². The van der Waals surface area contributed by atoms with Gasteiger partial charge in [0.1, 0.15) is 0 Å². The van der Waals surface area contributed by atoms with Crippen LogP contribution in [0.2, 0.25) is 0 Å². The topological polar surface area (TPSA) is 77.0 Å². The maximum atomic E-state index is 4.55. The van der Waals surface area contributed by atoms with Gasteiger partial charge in [-0.25, -0.2) is 14.2 Å². The van der Waals surface area contributed by atoms with Crippen LogP contribution in [-0.2, 0) is 7.05 Å². The quantitative estimate of drug-likeness (QED) is 0.724. The molecule has 118 valence electrons. The molecule has 3 aromatic rings. The summed E-state index contributed by atoms with van der Waals surface area (Å²) in [5.74, 6) is 2.79. The van der Waals surface area contributed by atoms with Crippen LogP contribution in [-0.4, -0.2) is 47.4 Å². The van der Waals surface area contributed by atoms with Gasteiger partial charge in [0, 0.05) is 31.5 Å². The van der Waals surface area contributed by atoms with Gasteiger partial charge in [-0.05, 0) is 38.5 Å². The summed E-state index contributed by atoms with van der Waals surface area (Å²) in [7, 11) is 1.89. The summed E-state index contributed by atoms with van der Waals surface area (Å²) in [6.45, 7) is 6.01. The summed E-state index contributed by atoms with van der Waals surface area (Å²) >= 11 is 0. The molecule has 1 aliphatic heterocycles. The Morgan fingerprint density at radius 1 is 1.04 bits per heavy atom. The molecule has 3 aromatic heterocycles. The van der Waals surface area contributed by atoms with Crippen LogP contribution in [0, 0.1) is 13.8 Å². The number of rotatable bonds is 3. The molecule has 0 radical (unpaired) electrons. The maximum absolute atomic E-state index is 4.55. The van der Waals surface area contributed by atoms with E-state index >= 15 is 0 Å². The van der Waals surface area contributed by atoms with Crippen LogP contribution in [0.15, 0.2) is 6.07 Å². The second kappa shape index (κ2) is 5.15. The third-order valence-electron chi connectivity index (χ3n) is 3.94. The van der Waals surface area contributed by atoms with Crippen LogP contribution in [0.4, 0.5) is 5.95 Å². The predicted molar refractivity (Wildman–Crippen MR) is 87.0 cm³/mol. The lowest BCUT2D eigenvalue weighted by molar-refractivity contribution is 0.596. The Bertz CT molecular complexity index is 900. The minimum Gasteiger partial charge on any atom is -0.339 e. The molecule has 1 aliphatic rings. The minimum atomic E-state index is 0.611. The fourth-order valence-electron chi connectivity index (χ4n) is 2.58. The Balaban J connectivity index is 1.63. The average Bonchev–Trinajstić information content (AvgIpc) is 2.98. The number of aromatic nitrogens is 7. The van der Waals surface area contributed by atoms with Gasteiger partial charge in [0.05, 0.1) is 0 Å². The second-order valence-corrected chi connectivity index (χ2v) is 5.79. The summed E-state index contributed by atoms with van der Waals surface area (Å²) in [6, 6.07) is 1.98. The first kappa shape index (κ1) is 13.9. The van der Waals surface area contributed by atoms with Gasteiger partial charge in [-0.3, -0.25) is 0 Å². The van der Waals surface area contributed by atoms with Crippen molar-refractivity contribution in [3.63, 3.8) is 0 Å². The third-order valence-corrected chi connectivity index (χ3v) is 3.94. The van der Waals surface area contributed by atoms with E-state index in [9.17, 15) is 0 Å². The summed E-state index contributed by atoms with van der Waals surface area (Å²) in [5.41, 5.74) is 1.95. The Morgan fingerprint density at radius 2 is 1.87 bits per heavy atom. The molecule has 0 unspecified atom stereocenters. The van der Waals surface area contributed by atoms with Crippen molar-refractivity contribution in [1.29, 1.82) is 0 Å². The molecular formula is C15H18N8.